The van der Waals surface area contributed by atoms with Crippen molar-refractivity contribution in [3.63, 3.8) is 0 Å². The van der Waals surface area contributed by atoms with Crippen molar-refractivity contribution in [2.45, 2.75) is 51.9 Å². The molecule has 0 atom stereocenters. The van der Waals surface area contributed by atoms with Gasteiger partial charge in [0.2, 0.25) is 5.95 Å². The number of benzene rings is 3. The Hall–Kier alpha value is -4.52. The maximum absolute atomic E-state index is 13.8. The summed E-state index contributed by atoms with van der Waals surface area (Å²) in [5.74, 6) is -0.880. The van der Waals surface area contributed by atoms with Crippen molar-refractivity contribution < 1.29 is 14.7 Å². The van der Waals surface area contributed by atoms with E-state index in [1.54, 1.807) is 6.20 Å². The van der Waals surface area contributed by atoms with Crippen molar-refractivity contribution in [2.75, 3.05) is 31.6 Å². The fraction of sp³-hybridized carbons (Fsp3) is 0.333. The maximum atomic E-state index is 13.8. The number of carboxylic acids is 1. The normalized spacial score (nSPS) is 11.3. The van der Waals surface area contributed by atoms with Crippen molar-refractivity contribution in [1.82, 2.24) is 14.9 Å². The van der Waals surface area contributed by atoms with Crippen molar-refractivity contribution in [3.8, 4) is 0 Å². The molecule has 224 valence electrons. The van der Waals surface area contributed by atoms with Crippen LogP contribution in [0.1, 0.15) is 59.1 Å². The molecule has 0 fully saturated rings. The number of rotatable bonds is 13. The molecule has 0 radical (unpaired) electrons. The van der Waals surface area contributed by atoms with E-state index < -0.39 is 12.5 Å². The summed E-state index contributed by atoms with van der Waals surface area (Å²) in [7, 11) is 1.95. The number of aryl methyl sites for hydroxylation is 2. The molecule has 1 amide bonds. The molecule has 4 rings (SSSR count). The van der Waals surface area contributed by atoms with Gasteiger partial charge in [-0.3, -0.25) is 9.59 Å². The Kier molecular flexibility index (Phi) is 10.7. The summed E-state index contributed by atoms with van der Waals surface area (Å²) in [5.41, 5.74) is 5.71. The molecule has 1 N–H and O–H groups in total. The van der Waals surface area contributed by atoms with Gasteiger partial charge in [0.1, 0.15) is 6.54 Å². The van der Waals surface area contributed by atoms with E-state index in [1.165, 1.54) is 16.0 Å². The summed E-state index contributed by atoms with van der Waals surface area (Å²) < 4.78 is 0. The minimum atomic E-state index is -1.06. The lowest BCUT2D eigenvalue weighted by Gasteiger charge is -2.23. The number of anilines is 1. The predicted octanol–water partition coefficient (Wildman–Crippen LogP) is 6.01. The van der Waals surface area contributed by atoms with Crippen LogP contribution < -0.4 is 4.90 Å². The summed E-state index contributed by atoms with van der Waals surface area (Å²) >= 11 is 0. The van der Waals surface area contributed by atoms with E-state index in [4.69, 9.17) is 4.98 Å². The van der Waals surface area contributed by atoms with Gasteiger partial charge in [0, 0.05) is 26.3 Å². The number of aliphatic carboxylic acids is 1. The average molecular weight is 579 g/mol. The quantitative estimate of drug-likeness (QED) is 0.209. The second-order valence-electron chi connectivity index (χ2n) is 12.0. The molecule has 7 nitrogen and oxygen atoms in total. The maximum Gasteiger partial charge on any atom is 0.323 e. The minimum absolute atomic E-state index is 0.0668. The van der Waals surface area contributed by atoms with Gasteiger partial charge in [0.25, 0.3) is 5.91 Å². The first-order valence-electron chi connectivity index (χ1n) is 14.9. The first-order chi connectivity index (χ1) is 20.6. The van der Waals surface area contributed by atoms with Crippen LogP contribution in [0, 0.1) is 0 Å². The molecule has 0 aliphatic rings. The van der Waals surface area contributed by atoms with Crippen molar-refractivity contribution in [3.05, 3.63) is 125 Å². The van der Waals surface area contributed by atoms with Crippen LogP contribution in [0.5, 0.6) is 0 Å². The van der Waals surface area contributed by atoms with Crippen LogP contribution >= 0.6 is 0 Å². The molecular formula is C36H42N4O3. The van der Waals surface area contributed by atoms with Gasteiger partial charge >= 0.3 is 5.97 Å². The van der Waals surface area contributed by atoms with E-state index in [9.17, 15) is 14.7 Å². The summed E-state index contributed by atoms with van der Waals surface area (Å²) in [4.78, 5) is 38.4. The summed E-state index contributed by atoms with van der Waals surface area (Å²) in [5, 5.41) is 9.62. The number of amides is 1. The fourth-order valence-electron chi connectivity index (χ4n) is 4.93. The lowest BCUT2D eigenvalue weighted by Crippen LogP contribution is -2.38. The Bertz CT molecular complexity index is 1480. The summed E-state index contributed by atoms with van der Waals surface area (Å²) in [6.45, 7) is 7.18. The first kappa shape index (κ1) is 31.4. The van der Waals surface area contributed by atoms with Gasteiger partial charge in [-0.25, -0.2) is 9.97 Å². The van der Waals surface area contributed by atoms with Crippen LogP contribution in [0.25, 0.3) is 0 Å². The predicted molar refractivity (Wildman–Crippen MR) is 172 cm³/mol. The number of hydrogen-bond donors (Lipinski definition) is 1. The van der Waals surface area contributed by atoms with Gasteiger partial charge in [-0.15, -0.1) is 0 Å². The third kappa shape index (κ3) is 9.23. The van der Waals surface area contributed by atoms with Gasteiger partial charge < -0.3 is 14.9 Å². The van der Waals surface area contributed by atoms with Crippen LogP contribution in [0.2, 0.25) is 0 Å². The Morgan fingerprint density at radius 1 is 0.744 bits per heavy atom. The molecule has 0 aliphatic carbocycles. The van der Waals surface area contributed by atoms with Crippen LogP contribution in [0.15, 0.2) is 91.1 Å². The van der Waals surface area contributed by atoms with E-state index in [0.29, 0.717) is 43.0 Å². The summed E-state index contributed by atoms with van der Waals surface area (Å²) in [6.07, 6.45) is 4.17. The van der Waals surface area contributed by atoms with Crippen molar-refractivity contribution >= 4 is 17.8 Å². The number of nitrogens with zero attached hydrogens (tertiary/aromatic N) is 4. The molecule has 43 heavy (non-hydrogen) atoms. The highest BCUT2D eigenvalue weighted by molar-refractivity contribution is 5.96. The molecule has 1 aromatic heterocycles. The van der Waals surface area contributed by atoms with Crippen molar-refractivity contribution in [2.24, 2.45) is 0 Å². The molecule has 7 heteroatoms. The molecule has 3 aromatic carbocycles. The Morgan fingerprint density at radius 3 is 1.86 bits per heavy atom. The van der Waals surface area contributed by atoms with E-state index >= 15 is 0 Å². The van der Waals surface area contributed by atoms with Gasteiger partial charge in [0.05, 0.1) is 11.3 Å². The summed E-state index contributed by atoms with van der Waals surface area (Å²) in [6, 6.07) is 28.6. The number of likely N-dealkylation sites (N-methyl/N-ethyl adjacent to an activating group) is 1. The third-order valence-electron chi connectivity index (χ3n) is 7.60. The number of carboxylic acid groups (broad SMARTS) is 1. The lowest BCUT2D eigenvalue weighted by molar-refractivity contribution is -0.137. The molecule has 0 aliphatic heterocycles. The largest absolute Gasteiger partial charge is 0.480 e. The molecule has 0 bridgehead atoms. The smallest absolute Gasteiger partial charge is 0.323 e. The van der Waals surface area contributed by atoms with E-state index in [2.05, 4.69) is 62.2 Å². The Balaban J connectivity index is 1.58. The minimum Gasteiger partial charge on any atom is -0.480 e. The van der Waals surface area contributed by atoms with Gasteiger partial charge in [0.15, 0.2) is 0 Å². The van der Waals surface area contributed by atoms with Crippen LogP contribution in [-0.2, 0) is 35.9 Å². The van der Waals surface area contributed by atoms with E-state index in [1.807, 2.05) is 60.5 Å². The molecule has 0 saturated heterocycles. The topological polar surface area (TPSA) is 86.6 Å². The highest BCUT2D eigenvalue weighted by Crippen LogP contribution is 2.23. The number of aromatic nitrogens is 2. The zero-order chi connectivity index (χ0) is 30.8. The highest BCUT2D eigenvalue weighted by atomic mass is 16.4. The number of carbonyl (C=O) groups excluding carboxylic acids is 1. The van der Waals surface area contributed by atoms with Gasteiger partial charge in [-0.2, -0.15) is 0 Å². The second-order valence-corrected chi connectivity index (χ2v) is 12.0. The zero-order valence-corrected chi connectivity index (χ0v) is 25.7. The van der Waals surface area contributed by atoms with Crippen LogP contribution in [0.4, 0.5) is 5.95 Å². The number of carbonyl (C=O) groups is 2. The average Bonchev–Trinajstić information content (AvgIpc) is 3.01. The van der Waals surface area contributed by atoms with E-state index in [-0.39, 0.29) is 17.9 Å². The first-order valence-corrected chi connectivity index (χ1v) is 14.9. The highest BCUT2D eigenvalue weighted by Gasteiger charge is 2.24. The van der Waals surface area contributed by atoms with Crippen LogP contribution in [-0.4, -0.2) is 58.5 Å². The standard InChI is InChI=1S/C36H42N4O3/c1-36(2,3)30-18-15-29(16-19-30)17-20-32-31(25-37-35(38-32)39(4)23-21-27-11-7-5-8-12-27)34(43)40(26-33(41)42)24-22-28-13-9-6-10-14-28/h5-16,18-19,25H,17,20-24,26H2,1-4H3,(H,41,42). The second kappa shape index (κ2) is 14.6. The molecule has 1 heterocycles. The van der Waals surface area contributed by atoms with Crippen LogP contribution in [0.3, 0.4) is 0 Å². The van der Waals surface area contributed by atoms with Gasteiger partial charge in [-0.05, 0) is 53.4 Å². The Labute approximate surface area is 255 Å². The fourth-order valence-corrected chi connectivity index (χ4v) is 4.93. The third-order valence-corrected chi connectivity index (χ3v) is 7.60. The molecule has 0 spiro atoms. The Morgan fingerprint density at radius 2 is 1.30 bits per heavy atom. The van der Waals surface area contributed by atoms with Gasteiger partial charge in [-0.1, -0.05) is 106 Å². The van der Waals surface area contributed by atoms with E-state index in [0.717, 1.165) is 17.5 Å². The molecular weight excluding hydrogens is 536 g/mol. The molecule has 4 aromatic rings. The monoisotopic (exact) mass is 578 g/mol. The SMILES string of the molecule is CN(CCc1ccccc1)c1ncc(C(=O)N(CCc2ccccc2)CC(=O)O)c(CCc2ccc(C(C)(C)C)cc2)n1. The molecule has 0 saturated carbocycles. The lowest BCUT2D eigenvalue weighted by atomic mass is 9.86. The van der Waals surface area contributed by atoms with Crippen molar-refractivity contribution in [1.29, 1.82) is 0 Å². The molecule has 0 unspecified atom stereocenters. The zero-order valence-electron chi connectivity index (χ0n) is 25.7. The number of hydrogen-bond acceptors (Lipinski definition) is 5.